The van der Waals surface area contributed by atoms with Crippen LogP contribution in [0.3, 0.4) is 0 Å². The molecule has 0 saturated heterocycles. The molecule has 43 heavy (non-hydrogen) atoms. The van der Waals surface area contributed by atoms with Crippen LogP contribution in [0.5, 0.6) is 23.0 Å². The number of carbonyl (C=O) groups excluding carboxylic acids is 1. The van der Waals surface area contributed by atoms with Crippen molar-refractivity contribution >= 4 is 46.0 Å². The average Bonchev–Trinajstić information content (AvgIpc) is 3.59. The maximum atomic E-state index is 14.0. The number of esters is 1. The maximum absolute atomic E-state index is 14.0. The van der Waals surface area contributed by atoms with E-state index in [0.717, 1.165) is 14.7 Å². The van der Waals surface area contributed by atoms with Crippen LogP contribution in [0.15, 0.2) is 81.7 Å². The summed E-state index contributed by atoms with van der Waals surface area (Å²) >= 11 is 3.46. The fourth-order valence-electron chi connectivity index (χ4n) is 5.03. The number of hydrogen-bond donors (Lipinski definition) is 0. The monoisotopic (exact) mass is 710 g/mol. The molecule has 1 aromatic heterocycles. The molecule has 0 aliphatic carbocycles. The van der Waals surface area contributed by atoms with Crippen LogP contribution in [0.1, 0.15) is 36.6 Å². The van der Waals surface area contributed by atoms with Gasteiger partial charge in [0, 0.05) is 0 Å². The third-order valence-electron chi connectivity index (χ3n) is 7.00. The molecule has 1 atom stereocenters. The Morgan fingerprint density at radius 3 is 2.70 bits per heavy atom. The van der Waals surface area contributed by atoms with Gasteiger partial charge in [-0.3, -0.25) is 9.36 Å². The van der Waals surface area contributed by atoms with Crippen molar-refractivity contribution in [2.75, 3.05) is 20.5 Å². The van der Waals surface area contributed by atoms with E-state index in [1.807, 2.05) is 48.5 Å². The van der Waals surface area contributed by atoms with Gasteiger partial charge in [0.15, 0.2) is 27.8 Å². The van der Waals surface area contributed by atoms with Crippen LogP contribution in [0.2, 0.25) is 0 Å². The molecule has 0 unspecified atom stereocenters. The minimum Gasteiger partial charge on any atom is -0.493 e. The first kappa shape index (κ1) is 29.0. The van der Waals surface area contributed by atoms with E-state index in [4.69, 9.17) is 23.7 Å². The SMILES string of the molecule is CCOC(=O)C1=C(C)N=c2s/c(=C\c3cc(I)c(OCc4ccccc4)c(OC)c3)c(=O)n2[C@@H]1c1ccc2c(c1)OCO2. The van der Waals surface area contributed by atoms with Gasteiger partial charge in [0.05, 0.1) is 39.1 Å². The maximum Gasteiger partial charge on any atom is 0.338 e. The van der Waals surface area contributed by atoms with Crippen LogP contribution < -0.4 is 33.8 Å². The van der Waals surface area contributed by atoms with Crippen molar-refractivity contribution in [3.8, 4) is 23.0 Å². The lowest BCUT2D eigenvalue weighted by Crippen LogP contribution is -2.39. The molecule has 3 aromatic carbocycles. The lowest BCUT2D eigenvalue weighted by molar-refractivity contribution is -0.139. The number of hydrogen-bond acceptors (Lipinski definition) is 9. The zero-order valence-corrected chi connectivity index (χ0v) is 26.6. The van der Waals surface area contributed by atoms with Gasteiger partial charge in [0.2, 0.25) is 6.79 Å². The van der Waals surface area contributed by atoms with Crippen molar-refractivity contribution in [3.63, 3.8) is 0 Å². The van der Waals surface area contributed by atoms with E-state index >= 15 is 0 Å². The smallest absolute Gasteiger partial charge is 0.338 e. The summed E-state index contributed by atoms with van der Waals surface area (Å²) in [5.41, 5.74) is 3.00. The minimum absolute atomic E-state index is 0.111. The fourth-order valence-corrected chi connectivity index (χ4v) is 6.86. The molecular weight excluding hydrogens is 683 g/mol. The van der Waals surface area contributed by atoms with Gasteiger partial charge in [-0.1, -0.05) is 47.7 Å². The van der Waals surface area contributed by atoms with Gasteiger partial charge in [0.25, 0.3) is 5.56 Å². The number of rotatable bonds is 8. The first-order chi connectivity index (χ1) is 20.9. The molecule has 0 amide bonds. The molecule has 2 aliphatic heterocycles. The van der Waals surface area contributed by atoms with Gasteiger partial charge in [-0.15, -0.1) is 0 Å². The number of fused-ring (bicyclic) bond motifs is 2. The molecule has 0 N–H and O–H groups in total. The lowest BCUT2D eigenvalue weighted by atomic mass is 9.95. The van der Waals surface area contributed by atoms with E-state index in [2.05, 4.69) is 27.6 Å². The number of carbonyl (C=O) groups is 1. The molecule has 0 fully saturated rings. The van der Waals surface area contributed by atoms with Gasteiger partial charge < -0.3 is 23.7 Å². The largest absolute Gasteiger partial charge is 0.493 e. The van der Waals surface area contributed by atoms with Crippen molar-refractivity contribution in [3.05, 3.63) is 112 Å². The van der Waals surface area contributed by atoms with Crippen LogP contribution in [0.25, 0.3) is 6.08 Å². The van der Waals surface area contributed by atoms with E-state index in [9.17, 15) is 9.59 Å². The summed E-state index contributed by atoms with van der Waals surface area (Å²) in [6, 6.07) is 18.3. The normalized spacial score (nSPS) is 15.6. The van der Waals surface area contributed by atoms with Crippen LogP contribution in [0, 0.1) is 3.57 Å². The van der Waals surface area contributed by atoms with Crippen LogP contribution in [0.4, 0.5) is 0 Å². The second-order valence-corrected chi connectivity index (χ2v) is 11.9. The summed E-state index contributed by atoms with van der Waals surface area (Å²) in [6.45, 7) is 4.20. The Morgan fingerprint density at radius 1 is 1.14 bits per heavy atom. The Hall–Kier alpha value is -4.10. The third-order valence-corrected chi connectivity index (χ3v) is 8.79. The summed E-state index contributed by atoms with van der Waals surface area (Å²) in [5, 5.41) is 0. The van der Waals surface area contributed by atoms with Crippen LogP contribution in [-0.4, -0.2) is 31.0 Å². The number of nitrogens with zero attached hydrogens (tertiary/aromatic N) is 2. The van der Waals surface area contributed by atoms with Gasteiger partial charge in [-0.25, -0.2) is 9.79 Å². The standard InChI is InChI=1S/C32H27IN2O7S/c1-4-39-31(37)27-18(2)34-32-35(28(27)21-10-11-23-24(15-21)42-17-41-23)30(36)26(43-32)14-20-12-22(33)29(25(13-20)38-3)40-16-19-8-6-5-7-9-19/h5-15,28H,4,16-17H2,1-3H3/b26-14-/t28-/m1/s1. The lowest BCUT2D eigenvalue weighted by Gasteiger charge is -2.24. The topological polar surface area (TPSA) is 97.6 Å². The highest BCUT2D eigenvalue weighted by Gasteiger charge is 2.34. The molecule has 6 rings (SSSR count). The molecule has 0 spiro atoms. The van der Waals surface area contributed by atoms with Crippen molar-refractivity contribution in [1.29, 1.82) is 0 Å². The molecule has 0 bridgehead atoms. The predicted molar refractivity (Wildman–Crippen MR) is 169 cm³/mol. The highest BCUT2D eigenvalue weighted by molar-refractivity contribution is 14.1. The number of methoxy groups -OCH3 is 1. The Morgan fingerprint density at radius 2 is 1.93 bits per heavy atom. The molecular formula is C32H27IN2O7S. The van der Waals surface area contributed by atoms with Crippen molar-refractivity contribution in [2.45, 2.75) is 26.5 Å². The van der Waals surface area contributed by atoms with Gasteiger partial charge in [-0.2, -0.15) is 0 Å². The predicted octanol–water partition coefficient (Wildman–Crippen LogP) is 4.72. The molecule has 2 aliphatic rings. The Balaban J connectivity index is 1.43. The quantitative estimate of drug-likeness (QED) is 0.193. The molecule has 3 heterocycles. The van der Waals surface area contributed by atoms with Gasteiger partial charge >= 0.3 is 5.97 Å². The van der Waals surface area contributed by atoms with Crippen LogP contribution >= 0.6 is 33.9 Å². The molecule has 11 heteroatoms. The number of benzene rings is 3. The van der Waals surface area contributed by atoms with E-state index in [-0.39, 0.29) is 19.0 Å². The van der Waals surface area contributed by atoms with E-state index in [0.29, 0.717) is 55.8 Å². The van der Waals surface area contributed by atoms with E-state index in [1.54, 1.807) is 43.7 Å². The van der Waals surface area contributed by atoms with Crippen molar-refractivity contribution < 1.29 is 28.5 Å². The number of halogens is 1. The second-order valence-electron chi connectivity index (χ2n) is 9.72. The molecule has 4 aromatic rings. The fraction of sp³-hybridized carbons (Fsp3) is 0.219. The zero-order valence-electron chi connectivity index (χ0n) is 23.6. The second kappa shape index (κ2) is 12.3. The average molecular weight is 711 g/mol. The summed E-state index contributed by atoms with van der Waals surface area (Å²) in [4.78, 5) is 32.4. The highest BCUT2D eigenvalue weighted by atomic mass is 127. The number of thiazole rings is 1. The summed E-state index contributed by atoms with van der Waals surface area (Å²) in [5.74, 6) is 1.82. The molecule has 9 nitrogen and oxygen atoms in total. The minimum atomic E-state index is -0.754. The van der Waals surface area contributed by atoms with Crippen molar-refractivity contribution in [2.24, 2.45) is 4.99 Å². The van der Waals surface area contributed by atoms with Gasteiger partial charge in [-0.05, 0) is 83.5 Å². The number of ether oxygens (including phenoxy) is 5. The third kappa shape index (κ3) is 5.66. The van der Waals surface area contributed by atoms with Gasteiger partial charge in [0.1, 0.15) is 6.61 Å². The summed E-state index contributed by atoms with van der Waals surface area (Å²) in [6.07, 6.45) is 1.80. The highest BCUT2D eigenvalue weighted by Crippen LogP contribution is 2.38. The van der Waals surface area contributed by atoms with E-state index < -0.39 is 12.0 Å². The van der Waals surface area contributed by atoms with Crippen molar-refractivity contribution in [1.82, 2.24) is 4.57 Å². The molecule has 220 valence electrons. The molecule has 0 radical (unpaired) electrons. The van der Waals surface area contributed by atoms with E-state index in [1.165, 1.54) is 11.3 Å². The zero-order chi connectivity index (χ0) is 30.1. The Kier molecular flexibility index (Phi) is 8.26. The Labute approximate surface area is 264 Å². The summed E-state index contributed by atoms with van der Waals surface area (Å²) < 4.78 is 31.1. The number of allylic oxidation sites excluding steroid dienone is 1. The number of aromatic nitrogens is 1. The Bertz CT molecular complexity index is 1930. The summed E-state index contributed by atoms with van der Waals surface area (Å²) in [7, 11) is 1.59. The first-order valence-corrected chi connectivity index (χ1v) is 15.4. The molecule has 0 saturated carbocycles. The first-order valence-electron chi connectivity index (χ1n) is 13.5. The van der Waals surface area contributed by atoms with Crippen LogP contribution in [-0.2, 0) is 16.1 Å².